The summed E-state index contributed by atoms with van der Waals surface area (Å²) in [4.78, 5) is 4.60. The number of nitrogens with one attached hydrogen (secondary N) is 2. The Bertz CT molecular complexity index is 475. The van der Waals surface area contributed by atoms with Crippen LogP contribution >= 0.6 is 11.6 Å². The molecule has 2 unspecified atom stereocenters. The Labute approximate surface area is 138 Å². The zero-order valence-electron chi connectivity index (χ0n) is 13.2. The zero-order valence-corrected chi connectivity index (χ0v) is 13.9. The van der Waals surface area contributed by atoms with Crippen LogP contribution in [0, 0.1) is 5.92 Å². The van der Waals surface area contributed by atoms with Crippen molar-refractivity contribution in [3.63, 3.8) is 0 Å². The van der Waals surface area contributed by atoms with Crippen molar-refractivity contribution in [3.8, 4) is 0 Å². The number of aliphatic hydroxyl groups excluding tert-OH is 1. The van der Waals surface area contributed by atoms with Crippen LogP contribution in [-0.2, 0) is 6.42 Å². The fourth-order valence-electron chi connectivity index (χ4n) is 2.76. The number of rotatable bonds is 6. The quantitative estimate of drug-likeness (QED) is 0.557. The van der Waals surface area contributed by atoms with Gasteiger partial charge in [-0.3, -0.25) is 4.99 Å². The Morgan fingerprint density at radius 1 is 1.27 bits per heavy atom. The van der Waals surface area contributed by atoms with E-state index in [0.29, 0.717) is 12.5 Å². The molecule has 0 amide bonds. The van der Waals surface area contributed by atoms with Crippen molar-refractivity contribution in [2.45, 2.75) is 38.7 Å². The highest BCUT2D eigenvalue weighted by atomic mass is 35.5. The summed E-state index contributed by atoms with van der Waals surface area (Å²) in [6.07, 6.45) is 3.85. The van der Waals surface area contributed by atoms with Gasteiger partial charge in [0.1, 0.15) is 0 Å². The van der Waals surface area contributed by atoms with Gasteiger partial charge in [-0.2, -0.15) is 0 Å². The van der Waals surface area contributed by atoms with Crippen molar-refractivity contribution >= 4 is 17.6 Å². The second-order valence-electron chi connectivity index (χ2n) is 5.78. The molecule has 0 aliphatic heterocycles. The Morgan fingerprint density at radius 2 is 2.05 bits per heavy atom. The normalized spacial score (nSPS) is 21.9. The molecule has 0 saturated heterocycles. The SMILES string of the molecule is CCNC(=NCC1CCCC1O)NCCc1ccc(Cl)cc1. The van der Waals surface area contributed by atoms with E-state index in [1.807, 2.05) is 24.3 Å². The predicted molar refractivity (Wildman–Crippen MR) is 92.5 cm³/mol. The molecule has 2 rings (SSSR count). The summed E-state index contributed by atoms with van der Waals surface area (Å²) < 4.78 is 0. The average molecular weight is 324 g/mol. The summed E-state index contributed by atoms with van der Waals surface area (Å²) in [6, 6.07) is 7.92. The molecule has 3 N–H and O–H groups in total. The molecule has 1 aromatic rings. The van der Waals surface area contributed by atoms with Gasteiger partial charge < -0.3 is 15.7 Å². The summed E-state index contributed by atoms with van der Waals surface area (Å²) in [5.41, 5.74) is 1.25. The van der Waals surface area contributed by atoms with E-state index in [1.165, 1.54) is 5.56 Å². The lowest BCUT2D eigenvalue weighted by atomic mass is 10.1. The highest BCUT2D eigenvalue weighted by Crippen LogP contribution is 2.25. The van der Waals surface area contributed by atoms with Crippen LogP contribution in [-0.4, -0.2) is 36.8 Å². The molecule has 1 aromatic carbocycles. The molecule has 1 aliphatic rings. The Balaban J connectivity index is 1.79. The highest BCUT2D eigenvalue weighted by molar-refractivity contribution is 6.30. The van der Waals surface area contributed by atoms with Gasteiger partial charge in [0.05, 0.1) is 6.10 Å². The number of benzene rings is 1. The van der Waals surface area contributed by atoms with E-state index in [4.69, 9.17) is 11.6 Å². The second kappa shape index (κ2) is 9.01. The van der Waals surface area contributed by atoms with Crippen LogP contribution in [0.3, 0.4) is 0 Å². The molecule has 0 heterocycles. The van der Waals surface area contributed by atoms with Crippen LogP contribution < -0.4 is 10.6 Å². The van der Waals surface area contributed by atoms with Crippen molar-refractivity contribution in [2.24, 2.45) is 10.9 Å². The van der Waals surface area contributed by atoms with Gasteiger partial charge in [0, 0.05) is 30.6 Å². The van der Waals surface area contributed by atoms with Gasteiger partial charge in [-0.05, 0) is 43.9 Å². The van der Waals surface area contributed by atoms with Crippen LogP contribution in [0.1, 0.15) is 31.7 Å². The molecule has 2 atom stereocenters. The fraction of sp³-hybridized carbons (Fsp3) is 0.588. The number of hydrogen-bond donors (Lipinski definition) is 3. The fourth-order valence-corrected chi connectivity index (χ4v) is 2.88. The third-order valence-electron chi connectivity index (χ3n) is 4.07. The van der Waals surface area contributed by atoms with Crippen LogP contribution in [0.2, 0.25) is 5.02 Å². The number of nitrogens with zero attached hydrogens (tertiary/aromatic N) is 1. The first kappa shape index (κ1) is 17.1. The summed E-state index contributed by atoms with van der Waals surface area (Å²) in [5, 5.41) is 17.2. The molecular weight excluding hydrogens is 298 g/mol. The largest absolute Gasteiger partial charge is 0.393 e. The van der Waals surface area contributed by atoms with Gasteiger partial charge in [0.25, 0.3) is 0 Å². The summed E-state index contributed by atoms with van der Waals surface area (Å²) in [7, 11) is 0. The molecule has 122 valence electrons. The van der Waals surface area contributed by atoms with Crippen molar-refractivity contribution in [1.82, 2.24) is 10.6 Å². The number of guanidine groups is 1. The van der Waals surface area contributed by atoms with Crippen LogP contribution in [0.15, 0.2) is 29.3 Å². The molecule has 0 aromatic heterocycles. The minimum atomic E-state index is -0.180. The third kappa shape index (κ3) is 5.50. The molecule has 4 nitrogen and oxygen atoms in total. The standard InChI is InChI=1S/C17H26ClN3O/c1-2-19-17(21-12-14-4-3-5-16(14)22)20-11-10-13-6-8-15(18)9-7-13/h6-9,14,16,22H,2-5,10-12H2,1H3,(H2,19,20,21). The van der Waals surface area contributed by atoms with E-state index < -0.39 is 0 Å². The van der Waals surface area contributed by atoms with Crippen molar-refractivity contribution in [1.29, 1.82) is 0 Å². The van der Waals surface area contributed by atoms with Crippen LogP contribution in [0.5, 0.6) is 0 Å². The van der Waals surface area contributed by atoms with Gasteiger partial charge >= 0.3 is 0 Å². The molecule has 1 fully saturated rings. The van der Waals surface area contributed by atoms with Gasteiger partial charge in [0.15, 0.2) is 5.96 Å². The monoisotopic (exact) mass is 323 g/mol. The Morgan fingerprint density at radius 3 is 2.68 bits per heavy atom. The number of aliphatic hydroxyl groups is 1. The van der Waals surface area contributed by atoms with Gasteiger partial charge in [0.2, 0.25) is 0 Å². The molecule has 5 heteroatoms. The number of hydrogen-bond acceptors (Lipinski definition) is 2. The molecule has 0 radical (unpaired) electrons. The third-order valence-corrected chi connectivity index (χ3v) is 4.32. The summed E-state index contributed by atoms with van der Waals surface area (Å²) in [6.45, 7) is 4.40. The lowest BCUT2D eigenvalue weighted by molar-refractivity contribution is 0.136. The van der Waals surface area contributed by atoms with Gasteiger partial charge in [-0.1, -0.05) is 30.2 Å². The molecular formula is C17H26ClN3O. The van der Waals surface area contributed by atoms with E-state index >= 15 is 0 Å². The van der Waals surface area contributed by atoms with Crippen molar-refractivity contribution in [2.75, 3.05) is 19.6 Å². The van der Waals surface area contributed by atoms with E-state index in [9.17, 15) is 5.11 Å². The molecule has 0 bridgehead atoms. The maximum absolute atomic E-state index is 9.86. The lowest BCUT2D eigenvalue weighted by Crippen LogP contribution is -2.39. The van der Waals surface area contributed by atoms with Gasteiger partial charge in [-0.25, -0.2) is 0 Å². The van der Waals surface area contributed by atoms with E-state index in [0.717, 1.165) is 49.8 Å². The summed E-state index contributed by atoms with van der Waals surface area (Å²) >= 11 is 5.89. The molecule has 1 saturated carbocycles. The Hall–Kier alpha value is -1.26. The minimum absolute atomic E-state index is 0.180. The molecule has 0 spiro atoms. The van der Waals surface area contributed by atoms with Gasteiger partial charge in [-0.15, -0.1) is 0 Å². The topological polar surface area (TPSA) is 56.7 Å². The first-order valence-electron chi connectivity index (χ1n) is 8.13. The first-order valence-corrected chi connectivity index (χ1v) is 8.51. The lowest BCUT2D eigenvalue weighted by Gasteiger charge is -2.15. The maximum atomic E-state index is 9.86. The summed E-state index contributed by atoms with van der Waals surface area (Å²) in [5.74, 6) is 1.14. The second-order valence-corrected chi connectivity index (χ2v) is 6.22. The van der Waals surface area contributed by atoms with E-state index in [1.54, 1.807) is 0 Å². The van der Waals surface area contributed by atoms with Crippen molar-refractivity contribution < 1.29 is 5.11 Å². The maximum Gasteiger partial charge on any atom is 0.191 e. The minimum Gasteiger partial charge on any atom is -0.393 e. The molecule has 22 heavy (non-hydrogen) atoms. The Kier molecular flexibility index (Phi) is 7.00. The first-order chi connectivity index (χ1) is 10.7. The molecule has 1 aliphatic carbocycles. The predicted octanol–water partition coefficient (Wildman–Crippen LogP) is 2.60. The van der Waals surface area contributed by atoms with E-state index in [-0.39, 0.29) is 6.10 Å². The smallest absolute Gasteiger partial charge is 0.191 e. The highest BCUT2D eigenvalue weighted by Gasteiger charge is 2.24. The number of aliphatic imine (C=N–C) groups is 1. The van der Waals surface area contributed by atoms with Crippen LogP contribution in [0.4, 0.5) is 0 Å². The average Bonchev–Trinajstić information content (AvgIpc) is 2.92. The van der Waals surface area contributed by atoms with Crippen molar-refractivity contribution in [3.05, 3.63) is 34.9 Å². The van der Waals surface area contributed by atoms with Crippen LogP contribution in [0.25, 0.3) is 0 Å². The zero-order chi connectivity index (χ0) is 15.8. The van der Waals surface area contributed by atoms with E-state index in [2.05, 4.69) is 22.5 Å². The number of halogens is 1.